The normalized spacial score (nSPS) is 29.0. The van der Waals surface area contributed by atoms with Crippen LogP contribution in [-0.4, -0.2) is 18.0 Å². The van der Waals surface area contributed by atoms with Crippen LogP contribution >= 0.6 is 15.9 Å². The fourth-order valence-electron chi connectivity index (χ4n) is 2.42. The Morgan fingerprint density at radius 2 is 2.20 bits per heavy atom. The van der Waals surface area contributed by atoms with E-state index in [-0.39, 0.29) is 0 Å². The van der Waals surface area contributed by atoms with E-state index in [2.05, 4.69) is 29.8 Å². The molecule has 15 heavy (non-hydrogen) atoms. The molecule has 1 nitrogen and oxygen atoms in total. The third kappa shape index (κ3) is 5.35. The summed E-state index contributed by atoms with van der Waals surface area (Å²) in [4.78, 5) is 0. The summed E-state index contributed by atoms with van der Waals surface area (Å²) in [7, 11) is 0. The second-order valence-electron chi connectivity index (χ2n) is 5.04. The summed E-state index contributed by atoms with van der Waals surface area (Å²) in [6, 6.07) is 0. The van der Waals surface area contributed by atoms with Crippen molar-refractivity contribution in [3.8, 4) is 0 Å². The molecule has 0 aromatic rings. The first kappa shape index (κ1) is 13.5. The van der Waals surface area contributed by atoms with Crippen molar-refractivity contribution in [2.75, 3.05) is 11.9 Å². The maximum atomic E-state index is 6.03. The number of halogens is 1. The van der Waals surface area contributed by atoms with Gasteiger partial charge in [0.2, 0.25) is 0 Å². The molecule has 0 bridgehead atoms. The number of ether oxygens (including phenoxy) is 1. The van der Waals surface area contributed by atoms with Crippen molar-refractivity contribution in [1.29, 1.82) is 0 Å². The smallest absolute Gasteiger partial charge is 0.0577 e. The molecule has 3 unspecified atom stereocenters. The highest BCUT2D eigenvalue weighted by Gasteiger charge is 2.20. The van der Waals surface area contributed by atoms with Crippen molar-refractivity contribution in [3.63, 3.8) is 0 Å². The topological polar surface area (TPSA) is 9.23 Å². The van der Waals surface area contributed by atoms with Gasteiger partial charge in [0.05, 0.1) is 12.7 Å². The molecule has 0 aliphatic heterocycles. The van der Waals surface area contributed by atoms with Crippen molar-refractivity contribution >= 4 is 15.9 Å². The van der Waals surface area contributed by atoms with Crippen molar-refractivity contribution in [2.45, 2.75) is 58.5 Å². The zero-order valence-electron chi connectivity index (χ0n) is 10.2. The van der Waals surface area contributed by atoms with E-state index >= 15 is 0 Å². The molecule has 0 spiro atoms. The van der Waals surface area contributed by atoms with Gasteiger partial charge >= 0.3 is 0 Å². The van der Waals surface area contributed by atoms with Crippen LogP contribution in [0.15, 0.2) is 0 Å². The Balaban J connectivity index is 2.16. The molecule has 0 aromatic carbocycles. The third-order valence-corrected chi connectivity index (χ3v) is 4.29. The zero-order chi connectivity index (χ0) is 11.1. The largest absolute Gasteiger partial charge is 0.378 e. The molecule has 90 valence electrons. The molecule has 0 radical (unpaired) electrons. The van der Waals surface area contributed by atoms with Crippen molar-refractivity contribution in [1.82, 2.24) is 0 Å². The van der Waals surface area contributed by atoms with Crippen LogP contribution in [0.5, 0.6) is 0 Å². The van der Waals surface area contributed by atoms with Gasteiger partial charge in [0.25, 0.3) is 0 Å². The second kappa shape index (κ2) is 7.67. The van der Waals surface area contributed by atoms with E-state index in [4.69, 9.17) is 4.74 Å². The molecule has 1 fully saturated rings. The number of alkyl halides is 1. The molecule has 0 aromatic heterocycles. The van der Waals surface area contributed by atoms with Gasteiger partial charge in [0, 0.05) is 5.33 Å². The molecule has 1 aliphatic rings. The molecule has 1 rings (SSSR count). The number of rotatable bonds is 6. The summed E-state index contributed by atoms with van der Waals surface area (Å²) in [5, 5.41) is 1.09. The van der Waals surface area contributed by atoms with E-state index in [1.54, 1.807) is 0 Å². The van der Waals surface area contributed by atoms with Crippen LogP contribution in [0.25, 0.3) is 0 Å². The van der Waals surface area contributed by atoms with Gasteiger partial charge in [-0.3, -0.25) is 0 Å². The molecular weight excluding hydrogens is 252 g/mol. The van der Waals surface area contributed by atoms with Gasteiger partial charge in [-0.15, -0.1) is 0 Å². The first-order valence-electron chi connectivity index (χ1n) is 6.43. The van der Waals surface area contributed by atoms with Gasteiger partial charge in [-0.05, 0) is 31.1 Å². The average molecular weight is 277 g/mol. The predicted molar refractivity (Wildman–Crippen MR) is 69.6 cm³/mol. The van der Waals surface area contributed by atoms with Crippen molar-refractivity contribution < 1.29 is 4.74 Å². The van der Waals surface area contributed by atoms with Crippen molar-refractivity contribution in [3.05, 3.63) is 0 Å². The molecule has 2 heteroatoms. The maximum Gasteiger partial charge on any atom is 0.0577 e. The van der Waals surface area contributed by atoms with Crippen LogP contribution < -0.4 is 0 Å². The summed E-state index contributed by atoms with van der Waals surface area (Å²) >= 11 is 3.57. The number of hydrogen-bond donors (Lipinski definition) is 0. The Bertz CT molecular complexity index is 161. The summed E-state index contributed by atoms with van der Waals surface area (Å²) < 4.78 is 6.03. The lowest BCUT2D eigenvalue weighted by molar-refractivity contribution is -0.000742. The van der Waals surface area contributed by atoms with Gasteiger partial charge in [-0.2, -0.15) is 0 Å². The maximum absolute atomic E-state index is 6.03. The van der Waals surface area contributed by atoms with Crippen LogP contribution in [0.3, 0.4) is 0 Å². The molecule has 1 saturated carbocycles. The van der Waals surface area contributed by atoms with Gasteiger partial charge in [-0.1, -0.05) is 49.0 Å². The lowest BCUT2D eigenvalue weighted by Crippen LogP contribution is -2.24. The Morgan fingerprint density at radius 1 is 1.40 bits per heavy atom. The highest BCUT2D eigenvalue weighted by Crippen LogP contribution is 2.26. The molecule has 0 amide bonds. The molecule has 0 N–H and O–H groups in total. The first-order valence-corrected chi connectivity index (χ1v) is 7.56. The van der Waals surface area contributed by atoms with E-state index < -0.39 is 0 Å². The Labute approximate surface area is 103 Å². The van der Waals surface area contributed by atoms with Gasteiger partial charge < -0.3 is 4.74 Å². The minimum absolute atomic E-state index is 0.548. The third-order valence-electron chi connectivity index (χ3n) is 3.37. The summed E-state index contributed by atoms with van der Waals surface area (Å²) in [6.07, 6.45) is 8.42. The minimum Gasteiger partial charge on any atom is -0.378 e. The van der Waals surface area contributed by atoms with Crippen LogP contribution in [0.2, 0.25) is 0 Å². The van der Waals surface area contributed by atoms with Crippen LogP contribution in [-0.2, 0) is 4.74 Å². The summed E-state index contributed by atoms with van der Waals surface area (Å²) in [5.74, 6) is 1.59. The lowest BCUT2D eigenvalue weighted by atomic mass is 9.88. The highest BCUT2D eigenvalue weighted by molar-refractivity contribution is 9.09. The molecule has 0 heterocycles. The van der Waals surface area contributed by atoms with Gasteiger partial charge in [0.15, 0.2) is 0 Å². The monoisotopic (exact) mass is 276 g/mol. The standard InChI is InChI=1S/C13H25BrO/c1-3-5-12(9-14)10-15-13-7-4-6-11(2)8-13/h11-13H,3-10H2,1-2H3. The van der Waals surface area contributed by atoms with Gasteiger partial charge in [0.1, 0.15) is 0 Å². The zero-order valence-corrected chi connectivity index (χ0v) is 11.8. The predicted octanol–water partition coefficient (Wildman–Crippen LogP) is 4.39. The Morgan fingerprint density at radius 3 is 2.80 bits per heavy atom. The quantitative estimate of drug-likeness (QED) is 0.654. The highest BCUT2D eigenvalue weighted by atomic mass is 79.9. The number of hydrogen-bond acceptors (Lipinski definition) is 1. The molecular formula is C13H25BrO. The Kier molecular flexibility index (Phi) is 6.91. The second-order valence-corrected chi connectivity index (χ2v) is 5.68. The van der Waals surface area contributed by atoms with Gasteiger partial charge in [-0.25, -0.2) is 0 Å². The van der Waals surface area contributed by atoms with Crippen LogP contribution in [0, 0.1) is 11.8 Å². The SMILES string of the molecule is CCCC(CBr)COC1CCCC(C)C1. The first-order chi connectivity index (χ1) is 7.26. The lowest BCUT2D eigenvalue weighted by Gasteiger charge is -2.28. The van der Waals surface area contributed by atoms with E-state index in [1.807, 2.05) is 0 Å². The van der Waals surface area contributed by atoms with E-state index in [9.17, 15) is 0 Å². The molecule has 1 aliphatic carbocycles. The van der Waals surface area contributed by atoms with E-state index in [0.29, 0.717) is 12.0 Å². The fourth-order valence-corrected chi connectivity index (χ4v) is 2.93. The van der Waals surface area contributed by atoms with E-state index in [1.165, 1.54) is 38.5 Å². The van der Waals surface area contributed by atoms with E-state index in [0.717, 1.165) is 17.9 Å². The Hall–Kier alpha value is 0.440. The molecule has 3 atom stereocenters. The average Bonchev–Trinajstić information content (AvgIpc) is 2.24. The van der Waals surface area contributed by atoms with Crippen molar-refractivity contribution in [2.24, 2.45) is 11.8 Å². The molecule has 0 saturated heterocycles. The van der Waals surface area contributed by atoms with Crippen LogP contribution in [0.4, 0.5) is 0 Å². The summed E-state index contributed by atoms with van der Waals surface area (Å²) in [5.41, 5.74) is 0. The summed E-state index contributed by atoms with van der Waals surface area (Å²) in [6.45, 7) is 5.55. The minimum atomic E-state index is 0.548. The van der Waals surface area contributed by atoms with Crippen LogP contribution in [0.1, 0.15) is 52.4 Å². The fraction of sp³-hybridized carbons (Fsp3) is 1.00.